The lowest BCUT2D eigenvalue weighted by atomic mass is 10.8. The van der Waals surface area contributed by atoms with Gasteiger partial charge in [0.25, 0.3) is 0 Å². The Bertz CT molecular complexity index is 57.8. The van der Waals surface area contributed by atoms with Crippen molar-refractivity contribution in [1.82, 2.24) is 0 Å². The largest absolute Gasteiger partial charge is 0.234 e. The van der Waals surface area contributed by atoms with Crippen molar-refractivity contribution in [2.75, 3.05) is 6.54 Å². The molecule has 0 aliphatic heterocycles. The molecule has 0 fully saturated rings. The Morgan fingerprint density at radius 1 is 1.83 bits per heavy atom. The van der Waals surface area contributed by atoms with Crippen LogP contribution in [0.25, 0.3) is 0 Å². The van der Waals surface area contributed by atoms with E-state index in [4.69, 9.17) is 4.79 Å². The second-order valence-electron chi connectivity index (χ2n) is 0.566. The Labute approximate surface area is 43.7 Å². The number of hydrogen-bond donors (Lipinski definition) is 0. The van der Waals surface area contributed by atoms with E-state index in [1.54, 1.807) is 6.92 Å². The molecule has 0 bridgehead atoms. The van der Waals surface area contributed by atoms with Crippen molar-refractivity contribution in [3.63, 3.8) is 0 Å². The molecule has 0 rings (SSSR count). The molecule has 36 valence electrons. The van der Waals surface area contributed by atoms with E-state index in [2.05, 4.69) is 4.99 Å². The maximum atomic E-state index is 9.11. The van der Waals surface area contributed by atoms with E-state index in [0.29, 0.717) is 6.54 Å². The van der Waals surface area contributed by atoms with E-state index in [1.165, 1.54) is 6.08 Å². The second-order valence-corrected chi connectivity index (χ2v) is 0.566. The number of hydrogen-bond acceptors (Lipinski definition) is 2. The number of aliphatic imine (C=N–C) groups is 1. The lowest BCUT2D eigenvalue weighted by molar-refractivity contribution is 0.563. The van der Waals surface area contributed by atoms with Gasteiger partial charge in [0.15, 0.2) is 0 Å². The van der Waals surface area contributed by atoms with Crippen LogP contribution in [0.1, 0.15) is 6.92 Å². The van der Waals surface area contributed by atoms with E-state index in [1.807, 2.05) is 0 Å². The molecule has 0 heterocycles. The molecule has 0 saturated heterocycles. The highest BCUT2D eigenvalue weighted by Crippen LogP contribution is 1.52. The molecular formula is C3H7NOS. The van der Waals surface area contributed by atoms with Crippen LogP contribution in [0.4, 0.5) is 0 Å². The second kappa shape index (κ2) is 8.83. The van der Waals surface area contributed by atoms with E-state index in [9.17, 15) is 0 Å². The van der Waals surface area contributed by atoms with Crippen LogP contribution in [0.15, 0.2) is 4.99 Å². The Hall–Kier alpha value is -0.270. The minimum absolute atomic E-state index is 0. The minimum Gasteiger partial charge on any atom is -0.211 e. The molecule has 6 heavy (non-hydrogen) atoms. The van der Waals surface area contributed by atoms with Gasteiger partial charge in [-0.2, -0.15) is 13.5 Å². The zero-order valence-electron chi connectivity index (χ0n) is 3.56. The molecule has 0 atom stereocenters. The molecular weight excluding hydrogens is 98.1 g/mol. The topological polar surface area (TPSA) is 29.4 Å². The van der Waals surface area contributed by atoms with Gasteiger partial charge in [-0.25, -0.2) is 9.79 Å². The molecule has 0 aromatic heterocycles. The lowest BCUT2D eigenvalue weighted by Crippen LogP contribution is -1.58. The van der Waals surface area contributed by atoms with Gasteiger partial charge >= 0.3 is 0 Å². The van der Waals surface area contributed by atoms with Crippen molar-refractivity contribution in [1.29, 1.82) is 0 Å². The summed E-state index contributed by atoms with van der Waals surface area (Å²) in [6, 6.07) is 0. The predicted octanol–water partition coefficient (Wildman–Crippen LogP) is 0.455. The fourth-order valence-corrected chi connectivity index (χ4v) is 0.0645. The molecule has 0 aromatic carbocycles. The summed E-state index contributed by atoms with van der Waals surface area (Å²) in [7, 11) is 0. The summed E-state index contributed by atoms with van der Waals surface area (Å²) in [6.45, 7) is 2.33. The fraction of sp³-hybridized carbons (Fsp3) is 0.667. The first-order chi connectivity index (χ1) is 2.41. The van der Waals surface area contributed by atoms with Crippen LogP contribution >= 0.6 is 13.5 Å². The molecule has 0 aromatic rings. The Morgan fingerprint density at radius 2 is 2.33 bits per heavy atom. The summed E-state index contributed by atoms with van der Waals surface area (Å²) in [4.78, 5) is 12.3. The fourth-order valence-electron chi connectivity index (χ4n) is 0.0645. The van der Waals surface area contributed by atoms with Gasteiger partial charge in [0.2, 0.25) is 6.08 Å². The van der Waals surface area contributed by atoms with Crippen LogP contribution in [-0.2, 0) is 4.79 Å². The zero-order chi connectivity index (χ0) is 4.12. The molecule has 0 spiro atoms. The first-order valence-corrected chi connectivity index (χ1v) is 1.45. The molecule has 0 N–H and O–H groups in total. The first kappa shape index (κ1) is 9.21. The quantitative estimate of drug-likeness (QED) is 0.352. The van der Waals surface area contributed by atoms with Gasteiger partial charge in [0, 0.05) is 6.54 Å². The van der Waals surface area contributed by atoms with Gasteiger partial charge in [-0.1, -0.05) is 0 Å². The highest BCUT2D eigenvalue weighted by atomic mass is 32.1. The normalized spacial score (nSPS) is 4.83. The van der Waals surface area contributed by atoms with E-state index < -0.39 is 0 Å². The lowest BCUT2D eigenvalue weighted by Gasteiger charge is -1.58. The van der Waals surface area contributed by atoms with E-state index in [0.717, 1.165) is 0 Å². The van der Waals surface area contributed by atoms with Gasteiger partial charge in [-0.3, -0.25) is 0 Å². The van der Waals surface area contributed by atoms with Crippen molar-refractivity contribution in [3.05, 3.63) is 0 Å². The molecule has 0 aliphatic carbocycles. The first-order valence-electron chi connectivity index (χ1n) is 1.45. The summed E-state index contributed by atoms with van der Waals surface area (Å²) in [5.74, 6) is 0. The van der Waals surface area contributed by atoms with Gasteiger partial charge in [0.1, 0.15) is 0 Å². The Kier molecular flexibility index (Phi) is 13.6. The smallest absolute Gasteiger partial charge is 0.211 e. The van der Waals surface area contributed by atoms with Crippen molar-refractivity contribution < 1.29 is 4.79 Å². The third kappa shape index (κ3) is 9.29. The molecule has 3 heteroatoms. The molecule has 0 radical (unpaired) electrons. The molecule has 0 amide bonds. The van der Waals surface area contributed by atoms with Crippen molar-refractivity contribution in [2.24, 2.45) is 4.99 Å². The van der Waals surface area contributed by atoms with E-state index >= 15 is 0 Å². The molecule has 0 aliphatic rings. The predicted molar refractivity (Wildman–Crippen MR) is 29.0 cm³/mol. The summed E-state index contributed by atoms with van der Waals surface area (Å²) < 4.78 is 0. The Balaban J connectivity index is 0. The summed E-state index contributed by atoms with van der Waals surface area (Å²) >= 11 is 0. The zero-order valence-corrected chi connectivity index (χ0v) is 4.56. The molecule has 0 unspecified atom stereocenters. The van der Waals surface area contributed by atoms with E-state index in [-0.39, 0.29) is 13.5 Å². The molecule has 0 saturated carbocycles. The minimum atomic E-state index is 0. The average molecular weight is 105 g/mol. The van der Waals surface area contributed by atoms with Gasteiger partial charge in [0.05, 0.1) is 0 Å². The number of carbonyl (C=O) groups excluding carboxylic acids is 1. The highest BCUT2D eigenvalue weighted by molar-refractivity contribution is 7.59. The monoisotopic (exact) mass is 105 g/mol. The summed E-state index contributed by atoms with van der Waals surface area (Å²) in [5, 5.41) is 0. The van der Waals surface area contributed by atoms with Crippen LogP contribution in [0.2, 0.25) is 0 Å². The number of nitrogens with zero attached hydrogens (tertiary/aromatic N) is 1. The Morgan fingerprint density at radius 3 is 2.33 bits per heavy atom. The van der Waals surface area contributed by atoms with Crippen LogP contribution in [0, 0.1) is 0 Å². The van der Waals surface area contributed by atoms with Crippen LogP contribution < -0.4 is 0 Å². The van der Waals surface area contributed by atoms with Crippen LogP contribution in [-0.4, -0.2) is 12.6 Å². The maximum absolute atomic E-state index is 9.11. The SMILES string of the molecule is CCN=C=O.S. The van der Waals surface area contributed by atoms with Crippen LogP contribution in [0.5, 0.6) is 0 Å². The highest BCUT2D eigenvalue weighted by Gasteiger charge is 1.52. The third-order valence-corrected chi connectivity index (χ3v) is 0.223. The number of rotatable bonds is 1. The maximum Gasteiger partial charge on any atom is 0.234 e. The molecule has 2 nitrogen and oxygen atoms in total. The summed E-state index contributed by atoms with van der Waals surface area (Å²) in [6.07, 6.45) is 1.39. The van der Waals surface area contributed by atoms with Gasteiger partial charge in [-0.05, 0) is 6.92 Å². The summed E-state index contributed by atoms with van der Waals surface area (Å²) in [5.41, 5.74) is 0. The average Bonchev–Trinajstić information content (AvgIpc) is 1.41. The van der Waals surface area contributed by atoms with Gasteiger partial charge < -0.3 is 0 Å². The standard InChI is InChI=1S/C3H5NO.H2S/c1-2-4-3-5;/h2H2,1H3;1H2. The van der Waals surface area contributed by atoms with Crippen molar-refractivity contribution in [2.45, 2.75) is 6.92 Å². The third-order valence-electron chi connectivity index (χ3n) is 0.223. The van der Waals surface area contributed by atoms with Gasteiger partial charge in [-0.15, -0.1) is 0 Å². The number of isocyanates is 1. The van der Waals surface area contributed by atoms with Crippen molar-refractivity contribution >= 4 is 19.6 Å². The van der Waals surface area contributed by atoms with Crippen LogP contribution in [0.3, 0.4) is 0 Å². The van der Waals surface area contributed by atoms with Crippen molar-refractivity contribution in [3.8, 4) is 0 Å².